The highest BCUT2D eigenvalue weighted by Crippen LogP contribution is 2.46. The SMILES string of the molecule is CCNCC1CCC(C)(C)CC1c1cncnc1. The molecule has 1 aliphatic carbocycles. The zero-order valence-corrected chi connectivity index (χ0v) is 11.8. The van der Waals surface area contributed by atoms with Gasteiger partial charge >= 0.3 is 0 Å². The summed E-state index contributed by atoms with van der Waals surface area (Å²) in [7, 11) is 0. The van der Waals surface area contributed by atoms with Crippen LogP contribution in [0.1, 0.15) is 51.5 Å². The lowest BCUT2D eigenvalue weighted by atomic mass is 9.65. The van der Waals surface area contributed by atoms with Gasteiger partial charge in [-0.15, -0.1) is 0 Å². The predicted molar refractivity (Wildman–Crippen MR) is 74.4 cm³/mol. The summed E-state index contributed by atoms with van der Waals surface area (Å²) in [5.74, 6) is 1.33. The van der Waals surface area contributed by atoms with Crippen molar-refractivity contribution in [3.8, 4) is 0 Å². The summed E-state index contributed by atoms with van der Waals surface area (Å²) in [5, 5.41) is 3.50. The second-order valence-corrected chi connectivity index (χ2v) is 6.25. The first-order chi connectivity index (χ1) is 8.62. The predicted octanol–water partition coefficient (Wildman–Crippen LogP) is 3.00. The molecule has 0 saturated heterocycles. The lowest BCUT2D eigenvalue weighted by Gasteiger charge is -2.41. The quantitative estimate of drug-likeness (QED) is 0.889. The summed E-state index contributed by atoms with van der Waals surface area (Å²) in [4.78, 5) is 8.38. The van der Waals surface area contributed by atoms with E-state index in [4.69, 9.17) is 0 Å². The Morgan fingerprint density at radius 1 is 1.33 bits per heavy atom. The molecule has 1 aromatic rings. The lowest BCUT2D eigenvalue weighted by Crippen LogP contribution is -2.34. The van der Waals surface area contributed by atoms with Crippen molar-refractivity contribution >= 4 is 0 Å². The van der Waals surface area contributed by atoms with Crippen LogP contribution in [0.5, 0.6) is 0 Å². The zero-order chi connectivity index (χ0) is 13.0. The molecule has 0 radical (unpaired) electrons. The fourth-order valence-corrected chi connectivity index (χ4v) is 3.11. The van der Waals surface area contributed by atoms with Gasteiger partial charge in [0.1, 0.15) is 6.33 Å². The molecule has 3 heteroatoms. The summed E-state index contributed by atoms with van der Waals surface area (Å²) in [5.41, 5.74) is 1.76. The Bertz CT molecular complexity index is 361. The molecular formula is C15H25N3. The molecule has 1 N–H and O–H groups in total. The molecular weight excluding hydrogens is 222 g/mol. The van der Waals surface area contributed by atoms with E-state index < -0.39 is 0 Å². The molecule has 2 unspecified atom stereocenters. The topological polar surface area (TPSA) is 37.8 Å². The average Bonchev–Trinajstić information content (AvgIpc) is 2.38. The summed E-state index contributed by atoms with van der Waals surface area (Å²) in [6.45, 7) is 9.11. The van der Waals surface area contributed by atoms with E-state index in [9.17, 15) is 0 Å². The number of aromatic nitrogens is 2. The van der Waals surface area contributed by atoms with Crippen LogP contribution < -0.4 is 5.32 Å². The van der Waals surface area contributed by atoms with Crippen LogP contribution in [-0.2, 0) is 0 Å². The summed E-state index contributed by atoms with van der Waals surface area (Å²) in [6, 6.07) is 0. The van der Waals surface area contributed by atoms with E-state index in [0.717, 1.165) is 19.0 Å². The highest BCUT2D eigenvalue weighted by Gasteiger charge is 2.35. The van der Waals surface area contributed by atoms with Gasteiger partial charge in [0.2, 0.25) is 0 Å². The van der Waals surface area contributed by atoms with Gasteiger partial charge in [0.05, 0.1) is 0 Å². The van der Waals surface area contributed by atoms with Gasteiger partial charge in [0.25, 0.3) is 0 Å². The summed E-state index contributed by atoms with van der Waals surface area (Å²) in [6.07, 6.45) is 9.50. The third kappa shape index (κ3) is 3.29. The molecule has 18 heavy (non-hydrogen) atoms. The van der Waals surface area contributed by atoms with Crippen molar-refractivity contribution in [2.24, 2.45) is 11.3 Å². The Hall–Kier alpha value is -0.960. The van der Waals surface area contributed by atoms with Crippen molar-refractivity contribution in [1.82, 2.24) is 15.3 Å². The molecule has 3 nitrogen and oxygen atoms in total. The Morgan fingerprint density at radius 3 is 2.72 bits per heavy atom. The van der Waals surface area contributed by atoms with Gasteiger partial charge in [-0.25, -0.2) is 9.97 Å². The van der Waals surface area contributed by atoms with Gasteiger partial charge in [-0.1, -0.05) is 20.8 Å². The van der Waals surface area contributed by atoms with E-state index in [2.05, 4.69) is 36.1 Å². The highest BCUT2D eigenvalue weighted by molar-refractivity contribution is 5.14. The standard InChI is InChI=1S/C15H25N3/c1-4-16-8-12-5-6-15(2,3)7-14(12)13-9-17-11-18-10-13/h9-12,14,16H,4-8H2,1-3H3. The first-order valence-corrected chi connectivity index (χ1v) is 7.08. The first-order valence-electron chi connectivity index (χ1n) is 7.08. The second-order valence-electron chi connectivity index (χ2n) is 6.25. The molecule has 1 saturated carbocycles. The van der Waals surface area contributed by atoms with E-state index >= 15 is 0 Å². The Morgan fingerprint density at radius 2 is 2.06 bits per heavy atom. The molecule has 0 aromatic carbocycles. The maximum atomic E-state index is 4.19. The van der Waals surface area contributed by atoms with Gasteiger partial charge in [0.15, 0.2) is 0 Å². The smallest absolute Gasteiger partial charge is 0.115 e. The van der Waals surface area contributed by atoms with Crippen molar-refractivity contribution in [1.29, 1.82) is 0 Å². The molecule has 100 valence electrons. The molecule has 0 spiro atoms. The normalized spacial score (nSPS) is 27.1. The van der Waals surface area contributed by atoms with Gasteiger partial charge < -0.3 is 5.32 Å². The summed E-state index contributed by atoms with van der Waals surface area (Å²) >= 11 is 0. The maximum Gasteiger partial charge on any atom is 0.115 e. The first kappa shape index (κ1) is 13.5. The highest BCUT2D eigenvalue weighted by atomic mass is 14.9. The Kier molecular flexibility index (Phi) is 4.33. The monoisotopic (exact) mass is 247 g/mol. The largest absolute Gasteiger partial charge is 0.317 e. The van der Waals surface area contributed by atoms with E-state index in [1.165, 1.54) is 24.8 Å². The van der Waals surface area contributed by atoms with Crippen LogP contribution in [0.15, 0.2) is 18.7 Å². The van der Waals surface area contributed by atoms with Crippen LogP contribution in [0.4, 0.5) is 0 Å². The fourth-order valence-electron chi connectivity index (χ4n) is 3.11. The van der Waals surface area contributed by atoms with Crippen LogP contribution in [-0.4, -0.2) is 23.1 Å². The van der Waals surface area contributed by atoms with Gasteiger partial charge in [-0.3, -0.25) is 0 Å². The molecule has 1 aliphatic rings. The molecule has 0 amide bonds. The van der Waals surface area contributed by atoms with Crippen molar-refractivity contribution in [3.05, 3.63) is 24.3 Å². The Balaban J connectivity index is 2.14. The number of rotatable bonds is 4. The molecule has 2 atom stereocenters. The minimum Gasteiger partial charge on any atom is -0.317 e. The molecule has 0 bridgehead atoms. The molecule has 0 aliphatic heterocycles. The Labute approximate surface area is 110 Å². The minimum atomic E-state index is 0.448. The van der Waals surface area contributed by atoms with Crippen molar-refractivity contribution in [2.45, 2.75) is 46.0 Å². The fraction of sp³-hybridized carbons (Fsp3) is 0.733. The second kappa shape index (κ2) is 5.79. The number of nitrogens with one attached hydrogen (secondary N) is 1. The number of hydrogen-bond donors (Lipinski definition) is 1. The molecule has 2 rings (SSSR count). The van der Waals surface area contributed by atoms with E-state index in [-0.39, 0.29) is 0 Å². The van der Waals surface area contributed by atoms with E-state index in [0.29, 0.717) is 11.3 Å². The molecule has 1 aromatic heterocycles. The van der Waals surface area contributed by atoms with Crippen LogP contribution in [0, 0.1) is 11.3 Å². The van der Waals surface area contributed by atoms with Gasteiger partial charge in [-0.05, 0) is 55.2 Å². The van der Waals surface area contributed by atoms with Crippen LogP contribution >= 0.6 is 0 Å². The van der Waals surface area contributed by atoms with Gasteiger partial charge in [0, 0.05) is 12.4 Å². The van der Waals surface area contributed by atoms with Crippen molar-refractivity contribution < 1.29 is 0 Å². The third-order valence-electron chi connectivity index (χ3n) is 4.20. The number of hydrogen-bond acceptors (Lipinski definition) is 3. The average molecular weight is 247 g/mol. The zero-order valence-electron chi connectivity index (χ0n) is 11.8. The molecule has 1 fully saturated rings. The van der Waals surface area contributed by atoms with Crippen LogP contribution in [0.3, 0.4) is 0 Å². The van der Waals surface area contributed by atoms with Crippen LogP contribution in [0.25, 0.3) is 0 Å². The lowest BCUT2D eigenvalue weighted by molar-refractivity contribution is 0.159. The maximum absolute atomic E-state index is 4.19. The van der Waals surface area contributed by atoms with Crippen molar-refractivity contribution in [3.63, 3.8) is 0 Å². The minimum absolute atomic E-state index is 0.448. The number of nitrogens with zero attached hydrogens (tertiary/aromatic N) is 2. The van der Waals surface area contributed by atoms with E-state index in [1.807, 2.05) is 12.4 Å². The van der Waals surface area contributed by atoms with E-state index in [1.54, 1.807) is 6.33 Å². The van der Waals surface area contributed by atoms with Gasteiger partial charge in [-0.2, -0.15) is 0 Å². The third-order valence-corrected chi connectivity index (χ3v) is 4.20. The van der Waals surface area contributed by atoms with Crippen molar-refractivity contribution in [2.75, 3.05) is 13.1 Å². The van der Waals surface area contributed by atoms with Crippen LogP contribution in [0.2, 0.25) is 0 Å². The summed E-state index contributed by atoms with van der Waals surface area (Å²) < 4.78 is 0. The molecule has 1 heterocycles.